The molecule has 0 aliphatic carbocycles. The van der Waals surface area contributed by atoms with Crippen LogP contribution in [0.3, 0.4) is 0 Å². The van der Waals surface area contributed by atoms with Crippen molar-refractivity contribution < 1.29 is 19.1 Å². The van der Waals surface area contributed by atoms with Gasteiger partial charge >= 0.3 is 5.97 Å². The van der Waals surface area contributed by atoms with E-state index in [1.807, 2.05) is 0 Å². The molecule has 1 aromatic rings. The van der Waals surface area contributed by atoms with Crippen molar-refractivity contribution in [1.29, 1.82) is 0 Å². The number of nitrogens with one attached hydrogen (secondary N) is 1. The van der Waals surface area contributed by atoms with E-state index in [0.717, 1.165) is 0 Å². The highest BCUT2D eigenvalue weighted by molar-refractivity contribution is 7.80. The van der Waals surface area contributed by atoms with Crippen LogP contribution < -0.4 is 5.32 Å². The van der Waals surface area contributed by atoms with Crippen LogP contribution in [0.4, 0.5) is 4.39 Å². The van der Waals surface area contributed by atoms with Crippen LogP contribution in [0.25, 0.3) is 0 Å². The summed E-state index contributed by atoms with van der Waals surface area (Å²) in [6, 6.07) is 5.00. The number of carbonyl (C=O) groups excluding carboxylic acids is 1. The maximum Gasteiger partial charge on any atom is 0.325 e. The molecule has 0 aliphatic heterocycles. The first-order chi connectivity index (χ1) is 8.93. The fraction of sp³-hybridized carbons (Fsp3) is 0.385. The molecule has 1 rings (SSSR count). The Bertz CT molecular complexity index is 467. The highest BCUT2D eigenvalue weighted by Gasteiger charge is 2.21. The predicted molar refractivity (Wildman–Crippen MR) is 72.7 cm³/mol. The third kappa shape index (κ3) is 4.90. The maximum atomic E-state index is 13.0. The van der Waals surface area contributed by atoms with Crippen molar-refractivity contribution in [2.75, 3.05) is 5.75 Å². The number of halogens is 1. The minimum absolute atomic E-state index is 0.259. The summed E-state index contributed by atoms with van der Waals surface area (Å²) in [7, 11) is 0. The number of amides is 1. The summed E-state index contributed by atoms with van der Waals surface area (Å²) in [5.74, 6) is -2.10. The Balaban J connectivity index is 2.67. The van der Waals surface area contributed by atoms with Gasteiger partial charge in [-0.25, -0.2) is 4.39 Å². The SMILES string of the molecule is C[C@H](NC(=O)C(CS)Cc1cccc(F)c1)C(=O)O. The van der Waals surface area contributed by atoms with Crippen LogP contribution >= 0.6 is 12.6 Å². The first-order valence-electron chi connectivity index (χ1n) is 5.82. The molecule has 0 aromatic heterocycles. The molecule has 0 spiro atoms. The number of hydrogen-bond acceptors (Lipinski definition) is 3. The molecule has 19 heavy (non-hydrogen) atoms. The molecule has 0 bridgehead atoms. The first-order valence-corrected chi connectivity index (χ1v) is 6.45. The molecule has 0 aliphatic rings. The van der Waals surface area contributed by atoms with Gasteiger partial charge in [0, 0.05) is 5.75 Å². The van der Waals surface area contributed by atoms with Crippen molar-refractivity contribution in [1.82, 2.24) is 5.32 Å². The van der Waals surface area contributed by atoms with Crippen LogP contribution in [-0.4, -0.2) is 28.8 Å². The van der Waals surface area contributed by atoms with Crippen LogP contribution in [0.5, 0.6) is 0 Å². The molecule has 2 N–H and O–H groups in total. The summed E-state index contributed by atoms with van der Waals surface area (Å²) in [5, 5.41) is 11.1. The topological polar surface area (TPSA) is 66.4 Å². The Morgan fingerprint density at radius 1 is 1.47 bits per heavy atom. The zero-order chi connectivity index (χ0) is 14.4. The lowest BCUT2D eigenvalue weighted by Gasteiger charge is -2.16. The van der Waals surface area contributed by atoms with Crippen LogP contribution in [0.2, 0.25) is 0 Å². The summed E-state index contributed by atoms with van der Waals surface area (Å²) < 4.78 is 13.0. The van der Waals surface area contributed by atoms with Gasteiger partial charge in [-0.3, -0.25) is 9.59 Å². The standard InChI is InChI=1S/C13H16FNO3S/c1-8(13(17)18)15-12(16)10(7-19)5-9-3-2-4-11(14)6-9/h2-4,6,8,10,19H,5,7H2,1H3,(H,15,16)(H,17,18)/t8-,10?/m0/s1. The molecule has 0 fully saturated rings. The molecule has 0 heterocycles. The van der Waals surface area contributed by atoms with E-state index < -0.39 is 23.8 Å². The molecule has 1 aromatic carbocycles. The summed E-state index contributed by atoms with van der Waals surface area (Å²) >= 11 is 4.08. The number of thiol groups is 1. The number of hydrogen-bond donors (Lipinski definition) is 3. The Kier molecular flexibility index (Phi) is 5.82. The van der Waals surface area contributed by atoms with E-state index in [0.29, 0.717) is 12.0 Å². The molecular formula is C13H16FNO3S. The van der Waals surface area contributed by atoms with Crippen LogP contribution in [0, 0.1) is 11.7 Å². The van der Waals surface area contributed by atoms with Gasteiger partial charge in [0.1, 0.15) is 11.9 Å². The second-order valence-corrected chi connectivity index (χ2v) is 4.65. The van der Waals surface area contributed by atoms with E-state index in [1.54, 1.807) is 12.1 Å². The average molecular weight is 285 g/mol. The summed E-state index contributed by atoms with van der Waals surface area (Å²) in [6.07, 6.45) is 0.319. The Labute approximate surface area is 116 Å². The van der Waals surface area contributed by atoms with E-state index in [1.165, 1.54) is 19.1 Å². The van der Waals surface area contributed by atoms with Crippen LogP contribution in [0.15, 0.2) is 24.3 Å². The van der Waals surface area contributed by atoms with Crippen molar-refractivity contribution in [2.24, 2.45) is 5.92 Å². The second-order valence-electron chi connectivity index (χ2n) is 4.28. The third-order valence-corrected chi connectivity index (χ3v) is 3.13. The zero-order valence-electron chi connectivity index (χ0n) is 10.5. The number of carbonyl (C=O) groups is 2. The molecular weight excluding hydrogens is 269 g/mol. The minimum Gasteiger partial charge on any atom is -0.480 e. The van der Waals surface area contributed by atoms with Gasteiger partial charge in [0.05, 0.1) is 5.92 Å². The maximum absolute atomic E-state index is 13.0. The molecule has 104 valence electrons. The minimum atomic E-state index is -1.10. The molecule has 2 atom stereocenters. The number of carboxylic acid groups (broad SMARTS) is 1. The van der Waals surface area contributed by atoms with Crippen molar-refractivity contribution >= 4 is 24.5 Å². The predicted octanol–water partition coefficient (Wildman–Crippen LogP) is 1.50. The smallest absolute Gasteiger partial charge is 0.325 e. The van der Waals surface area contributed by atoms with Crippen LogP contribution in [0.1, 0.15) is 12.5 Å². The van der Waals surface area contributed by atoms with Gasteiger partial charge in [-0.15, -0.1) is 0 Å². The van der Waals surface area contributed by atoms with Crippen molar-refractivity contribution in [3.05, 3.63) is 35.6 Å². The van der Waals surface area contributed by atoms with Crippen molar-refractivity contribution in [3.8, 4) is 0 Å². The van der Waals surface area contributed by atoms with Gasteiger partial charge in [0.15, 0.2) is 0 Å². The van der Waals surface area contributed by atoms with Gasteiger partial charge in [-0.2, -0.15) is 12.6 Å². The van der Waals surface area contributed by atoms with E-state index >= 15 is 0 Å². The van der Waals surface area contributed by atoms with Crippen LogP contribution in [-0.2, 0) is 16.0 Å². The van der Waals surface area contributed by atoms with E-state index in [4.69, 9.17) is 5.11 Å². The Morgan fingerprint density at radius 3 is 2.68 bits per heavy atom. The molecule has 4 nitrogen and oxygen atoms in total. The Morgan fingerprint density at radius 2 is 2.16 bits per heavy atom. The lowest BCUT2D eigenvalue weighted by Crippen LogP contribution is -2.42. The third-order valence-electron chi connectivity index (χ3n) is 2.69. The fourth-order valence-electron chi connectivity index (χ4n) is 1.58. The van der Waals surface area contributed by atoms with Gasteiger partial charge in [0.2, 0.25) is 5.91 Å². The van der Waals surface area contributed by atoms with E-state index in [9.17, 15) is 14.0 Å². The summed E-state index contributed by atoms with van der Waals surface area (Å²) in [5.41, 5.74) is 0.678. The lowest BCUT2D eigenvalue weighted by molar-refractivity contribution is -0.141. The lowest BCUT2D eigenvalue weighted by atomic mass is 10.00. The number of benzene rings is 1. The Hall–Kier alpha value is -1.56. The first kappa shape index (κ1) is 15.5. The van der Waals surface area contributed by atoms with Gasteiger partial charge in [0.25, 0.3) is 0 Å². The molecule has 6 heteroatoms. The highest BCUT2D eigenvalue weighted by atomic mass is 32.1. The average Bonchev–Trinajstić information content (AvgIpc) is 2.35. The molecule has 1 unspecified atom stereocenters. The molecule has 1 amide bonds. The van der Waals surface area contributed by atoms with Crippen molar-refractivity contribution in [3.63, 3.8) is 0 Å². The van der Waals surface area contributed by atoms with E-state index in [2.05, 4.69) is 17.9 Å². The monoisotopic (exact) mass is 285 g/mol. The number of carboxylic acids is 1. The largest absolute Gasteiger partial charge is 0.480 e. The molecule has 0 radical (unpaired) electrons. The normalized spacial score (nSPS) is 13.6. The quantitative estimate of drug-likeness (QED) is 0.694. The number of rotatable bonds is 6. The molecule has 0 saturated carbocycles. The second kappa shape index (κ2) is 7.13. The fourth-order valence-corrected chi connectivity index (χ4v) is 1.88. The molecule has 0 saturated heterocycles. The van der Waals surface area contributed by atoms with Gasteiger partial charge in [-0.05, 0) is 31.0 Å². The highest BCUT2D eigenvalue weighted by Crippen LogP contribution is 2.12. The zero-order valence-corrected chi connectivity index (χ0v) is 11.4. The summed E-state index contributed by atoms with van der Waals surface area (Å²) in [6.45, 7) is 1.39. The number of aliphatic carboxylic acids is 1. The van der Waals surface area contributed by atoms with Gasteiger partial charge < -0.3 is 10.4 Å². The summed E-state index contributed by atoms with van der Waals surface area (Å²) in [4.78, 5) is 22.5. The van der Waals surface area contributed by atoms with E-state index in [-0.39, 0.29) is 11.6 Å². The van der Waals surface area contributed by atoms with Gasteiger partial charge in [-0.1, -0.05) is 12.1 Å². The van der Waals surface area contributed by atoms with Crippen molar-refractivity contribution in [2.45, 2.75) is 19.4 Å².